The Labute approximate surface area is 241 Å². The molecule has 2 fully saturated rings. The molecule has 0 bridgehead atoms. The highest BCUT2D eigenvalue weighted by atomic mass is 19.1. The van der Waals surface area contributed by atoms with Crippen molar-refractivity contribution in [1.29, 1.82) is 0 Å². The molecule has 0 radical (unpaired) electrons. The van der Waals surface area contributed by atoms with Crippen molar-refractivity contribution < 1.29 is 33.0 Å². The fourth-order valence-electron chi connectivity index (χ4n) is 4.98. The Kier molecular flexibility index (Phi) is 8.45. The zero-order chi connectivity index (χ0) is 29.8. The van der Waals surface area contributed by atoms with Gasteiger partial charge in [0.2, 0.25) is 11.9 Å². The van der Waals surface area contributed by atoms with E-state index in [2.05, 4.69) is 20.9 Å². The number of piperazine rings is 1. The number of alkyl carbamates (subject to hydrolysis) is 1. The summed E-state index contributed by atoms with van der Waals surface area (Å²) in [5, 5.41) is 8.29. The quantitative estimate of drug-likeness (QED) is 0.419. The number of anilines is 3. The maximum Gasteiger partial charge on any atom is 0.414 e. The molecule has 4 amide bonds. The molecule has 0 aliphatic carbocycles. The van der Waals surface area contributed by atoms with E-state index in [0.717, 1.165) is 0 Å². The third kappa shape index (κ3) is 6.24. The molecule has 0 spiro atoms. The number of rotatable bonds is 8. The number of ether oxygens (including phenoxy) is 2. The van der Waals surface area contributed by atoms with Crippen LogP contribution in [0.15, 0.2) is 30.5 Å². The standard InChI is InChI=1S/C27H33FN8O6/c1-3-41-26(39)30-14-19-15-36(27(40)42-19)18-5-6-22(20(28)13-18)33-9-11-34(12-10-33)24(38)17(2)31-23(37)21-16-35-8-4-7-29-25(35)32-21/h4-6,8,13,16-17,19H,3,7,9-12,14-15H2,1-2H3,(H,29,32)(H,30,39)(H,31,37)/t17-,19-/m0/s1. The van der Waals surface area contributed by atoms with Crippen molar-refractivity contribution in [2.24, 2.45) is 0 Å². The predicted octanol–water partition coefficient (Wildman–Crippen LogP) is 1.46. The van der Waals surface area contributed by atoms with Crippen molar-refractivity contribution in [1.82, 2.24) is 25.1 Å². The van der Waals surface area contributed by atoms with Crippen molar-refractivity contribution in [3.05, 3.63) is 42.0 Å². The third-order valence-corrected chi connectivity index (χ3v) is 7.13. The van der Waals surface area contributed by atoms with Crippen LogP contribution in [0.25, 0.3) is 6.20 Å². The topological polar surface area (TPSA) is 150 Å². The van der Waals surface area contributed by atoms with Crippen LogP contribution in [0.3, 0.4) is 0 Å². The minimum atomic E-state index is -0.765. The van der Waals surface area contributed by atoms with Gasteiger partial charge in [0.05, 0.1) is 31.1 Å². The summed E-state index contributed by atoms with van der Waals surface area (Å²) in [5.41, 5.74) is 0.897. The Morgan fingerprint density at radius 1 is 1.24 bits per heavy atom. The molecule has 2 saturated heterocycles. The molecule has 5 rings (SSSR count). The molecular formula is C27H33FN8O6. The molecule has 2 atom stereocenters. The van der Waals surface area contributed by atoms with E-state index in [-0.39, 0.29) is 31.3 Å². The van der Waals surface area contributed by atoms with Crippen molar-refractivity contribution >= 4 is 47.5 Å². The first-order chi connectivity index (χ1) is 20.2. The lowest BCUT2D eigenvalue weighted by atomic mass is 10.2. The zero-order valence-corrected chi connectivity index (χ0v) is 23.3. The van der Waals surface area contributed by atoms with Gasteiger partial charge in [-0.15, -0.1) is 0 Å². The third-order valence-electron chi connectivity index (χ3n) is 7.13. The maximum absolute atomic E-state index is 15.2. The summed E-state index contributed by atoms with van der Waals surface area (Å²) in [6.07, 6.45) is 3.47. The minimum Gasteiger partial charge on any atom is -0.450 e. The SMILES string of the molecule is CCOC(=O)NC[C@H]1CN(c2ccc(N3CCN(C(=O)[C@H](C)NC(=O)c4cn5c(n4)NCC=C5)CC3)c(F)c2)C(=O)O1. The van der Waals surface area contributed by atoms with Gasteiger partial charge in [-0.05, 0) is 38.1 Å². The van der Waals surface area contributed by atoms with E-state index >= 15 is 4.39 Å². The molecule has 14 nitrogen and oxygen atoms in total. The van der Waals surface area contributed by atoms with E-state index in [4.69, 9.17) is 9.47 Å². The van der Waals surface area contributed by atoms with Gasteiger partial charge in [-0.25, -0.2) is 19.0 Å². The first-order valence-electron chi connectivity index (χ1n) is 13.8. The number of fused-ring (bicyclic) bond motifs is 1. The molecule has 0 saturated carbocycles. The van der Waals surface area contributed by atoms with Crippen molar-refractivity contribution in [3.63, 3.8) is 0 Å². The van der Waals surface area contributed by atoms with Gasteiger partial charge in [0, 0.05) is 45.1 Å². The second kappa shape index (κ2) is 12.4. The Balaban J connectivity index is 1.12. The van der Waals surface area contributed by atoms with Gasteiger partial charge >= 0.3 is 12.2 Å². The van der Waals surface area contributed by atoms with Crippen molar-refractivity contribution in [2.75, 3.05) is 67.5 Å². The lowest BCUT2D eigenvalue weighted by Gasteiger charge is -2.37. The normalized spacial score (nSPS) is 18.6. The van der Waals surface area contributed by atoms with Gasteiger partial charge in [-0.1, -0.05) is 0 Å². The summed E-state index contributed by atoms with van der Waals surface area (Å²) >= 11 is 0. The van der Waals surface area contributed by atoms with E-state index in [1.807, 2.05) is 17.2 Å². The molecule has 1 aromatic carbocycles. The van der Waals surface area contributed by atoms with Crippen molar-refractivity contribution in [2.45, 2.75) is 26.0 Å². The number of imidazole rings is 1. The van der Waals surface area contributed by atoms with Crippen molar-refractivity contribution in [3.8, 4) is 0 Å². The molecule has 3 N–H and O–H groups in total. The molecule has 224 valence electrons. The second-order valence-corrected chi connectivity index (χ2v) is 9.98. The second-order valence-electron chi connectivity index (χ2n) is 9.98. The lowest BCUT2D eigenvalue weighted by Crippen LogP contribution is -2.54. The number of hydrogen-bond donors (Lipinski definition) is 3. The summed E-state index contributed by atoms with van der Waals surface area (Å²) < 4.78 is 27.0. The van der Waals surface area contributed by atoms with Crippen LogP contribution in [-0.2, 0) is 14.3 Å². The van der Waals surface area contributed by atoms with E-state index in [1.165, 1.54) is 11.0 Å². The van der Waals surface area contributed by atoms with Gasteiger partial charge in [-0.2, -0.15) is 0 Å². The van der Waals surface area contributed by atoms with Crippen LogP contribution >= 0.6 is 0 Å². The monoisotopic (exact) mass is 584 g/mol. The van der Waals surface area contributed by atoms with Gasteiger partial charge < -0.3 is 35.2 Å². The molecular weight excluding hydrogens is 551 g/mol. The highest BCUT2D eigenvalue weighted by Crippen LogP contribution is 2.28. The molecule has 4 heterocycles. The first-order valence-corrected chi connectivity index (χ1v) is 13.8. The molecule has 3 aliphatic rings. The molecule has 42 heavy (non-hydrogen) atoms. The van der Waals surface area contributed by atoms with Crippen LogP contribution in [-0.4, -0.2) is 103 Å². The number of carbonyl (C=O) groups is 4. The number of hydrogen-bond acceptors (Lipinski definition) is 9. The number of nitrogens with zero attached hydrogens (tertiary/aromatic N) is 5. The maximum atomic E-state index is 15.2. The molecule has 2 aromatic rings. The number of cyclic esters (lactones) is 1. The van der Waals surface area contributed by atoms with Crippen LogP contribution in [0.5, 0.6) is 0 Å². The number of benzene rings is 1. The fourth-order valence-corrected chi connectivity index (χ4v) is 4.98. The van der Waals surface area contributed by atoms with Gasteiger partial charge in [0.15, 0.2) is 0 Å². The van der Waals surface area contributed by atoms with Gasteiger partial charge in [0.1, 0.15) is 23.7 Å². The van der Waals surface area contributed by atoms with Gasteiger partial charge in [-0.3, -0.25) is 19.1 Å². The molecule has 1 aromatic heterocycles. The number of amides is 4. The number of aromatic nitrogens is 2. The highest BCUT2D eigenvalue weighted by molar-refractivity contribution is 5.96. The van der Waals surface area contributed by atoms with E-state index < -0.39 is 36.1 Å². The minimum absolute atomic E-state index is 0.0767. The molecule has 0 unspecified atom stereocenters. The number of halogens is 1. The Morgan fingerprint density at radius 2 is 2.02 bits per heavy atom. The Morgan fingerprint density at radius 3 is 2.74 bits per heavy atom. The van der Waals surface area contributed by atoms with E-state index in [1.54, 1.807) is 41.6 Å². The summed E-state index contributed by atoms with van der Waals surface area (Å²) in [4.78, 5) is 58.6. The molecule has 15 heteroatoms. The van der Waals surface area contributed by atoms with Crippen LogP contribution in [0.2, 0.25) is 0 Å². The zero-order valence-electron chi connectivity index (χ0n) is 23.3. The highest BCUT2D eigenvalue weighted by Gasteiger charge is 2.34. The van der Waals surface area contributed by atoms with Crippen LogP contribution in [0.1, 0.15) is 24.3 Å². The average molecular weight is 585 g/mol. The van der Waals surface area contributed by atoms with Gasteiger partial charge in [0.25, 0.3) is 5.91 Å². The Bertz CT molecular complexity index is 1390. The largest absolute Gasteiger partial charge is 0.450 e. The van der Waals surface area contributed by atoms with Crippen LogP contribution < -0.4 is 25.8 Å². The fraction of sp³-hybridized carbons (Fsp3) is 0.444. The summed E-state index contributed by atoms with van der Waals surface area (Å²) in [7, 11) is 0. The molecule has 3 aliphatic heterocycles. The lowest BCUT2D eigenvalue weighted by molar-refractivity contribution is -0.133. The number of nitrogens with one attached hydrogen (secondary N) is 3. The summed E-state index contributed by atoms with van der Waals surface area (Å²) in [5.74, 6) is -0.635. The summed E-state index contributed by atoms with van der Waals surface area (Å²) in [6, 6.07) is 3.73. The average Bonchev–Trinajstić information content (AvgIpc) is 3.59. The first kappa shape index (κ1) is 28.7. The van der Waals surface area contributed by atoms with Crippen LogP contribution in [0.4, 0.5) is 31.3 Å². The smallest absolute Gasteiger partial charge is 0.414 e. The Hall–Kier alpha value is -4.82. The van der Waals surface area contributed by atoms with E-state index in [0.29, 0.717) is 50.0 Å². The van der Waals surface area contributed by atoms with E-state index in [9.17, 15) is 19.2 Å². The number of carbonyl (C=O) groups excluding carboxylic acids is 4. The van der Waals surface area contributed by atoms with Crippen LogP contribution in [0, 0.1) is 5.82 Å². The predicted molar refractivity (Wildman–Crippen MR) is 151 cm³/mol. The summed E-state index contributed by atoms with van der Waals surface area (Å²) in [6.45, 7) is 5.86.